The molecule has 1 aromatic carbocycles. The molecule has 1 aliphatic heterocycles. The molecule has 0 bridgehead atoms. The lowest BCUT2D eigenvalue weighted by Gasteiger charge is -2.38. The lowest BCUT2D eigenvalue weighted by Crippen LogP contribution is -2.48. The molecule has 26 heavy (non-hydrogen) atoms. The predicted molar refractivity (Wildman–Crippen MR) is 104 cm³/mol. The summed E-state index contributed by atoms with van der Waals surface area (Å²) in [6, 6.07) is 5.62. The van der Waals surface area contributed by atoms with E-state index in [2.05, 4.69) is 25.8 Å². The summed E-state index contributed by atoms with van der Waals surface area (Å²) in [4.78, 5) is 21.2. The van der Waals surface area contributed by atoms with Crippen LogP contribution in [-0.4, -0.2) is 56.7 Å². The van der Waals surface area contributed by atoms with Crippen LogP contribution in [0.2, 0.25) is 0 Å². The number of carbonyl (C=O) groups is 1. The number of fused-ring (bicyclic) bond motifs is 1. The number of halogens is 1. The third-order valence-corrected chi connectivity index (χ3v) is 5.54. The zero-order valence-electron chi connectivity index (χ0n) is 15.3. The van der Waals surface area contributed by atoms with Gasteiger partial charge in [0.15, 0.2) is 11.5 Å². The van der Waals surface area contributed by atoms with Crippen LogP contribution in [0.5, 0.6) is 11.5 Å². The van der Waals surface area contributed by atoms with Crippen molar-refractivity contribution < 1.29 is 14.3 Å². The highest BCUT2D eigenvalue weighted by atomic mass is 79.9. The van der Waals surface area contributed by atoms with Gasteiger partial charge in [0.25, 0.3) is 5.91 Å². The van der Waals surface area contributed by atoms with Crippen LogP contribution in [0.25, 0.3) is 0 Å². The molecule has 1 unspecified atom stereocenters. The van der Waals surface area contributed by atoms with Gasteiger partial charge in [-0.05, 0) is 54.1 Å². The maximum Gasteiger partial charge on any atom is 0.259 e. The number of anilines is 1. The molecule has 0 spiro atoms. The van der Waals surface area contributed by atoms with E-state index in [1.807, 2.05) is 20.2 Å². The van der Waals surface area contributed by atoms with Crippen molar-refractivity contribution >= 4 is 27.5 Å². The number of ether oxygens (including phenoxy) is 2. The van der Waals surface area contributed by atoms with Crippen LogP contribution in [0, 0.1) is 0 Å². The molecule has 0 fully saturated rings. The molecule has 0 saturated heterocycles. The molecule has 7 heteroatoms. The van der Waals surface area contributed by atoms with Crippen molar-refractivity contribution in [2.24, 2.45) is 0 Å². The van der Waals surface area contributed by atoms with Crippen LogP contribution in [-0.2, 0) is 6.42 Å². The fraction of sp³-hybridized carbons (Fsp3) is 0.368. The van der Waals surface area contributed by atoms with E-state index in [1.54, 1.807) is 43.6 Å². The Labute approximate surface area is 161 Å². The van der Waals surface area contributed by atoms with Crippen LogP contribution in [0.1, 0.15) is 15.9 Å². The number of hydrogen-bond acceptors (Lipinski definition) is 5. The predicted octanol–water partition coefficient (Wildman–Crippen LogP) is 2.99. The molecular formula is C19H22BrN3O3. The van der Waals surface area contributed by atoms with Gasteiger partial charge >= 0.3 is 0 Å². The molecule has 1 aliphatic rings. The smallest absolute Gasteiger partial charge is 0.259 e. The van der Waals surface area contributed by atoms with Gasteiger partial charge in [0.2, 0.25) is 0 Å². The normalized spacial score (nSPS) is 16.4. The number of rotatable bonds is 4. The molecule has 1 aromatic heterocycles. The molecule has 6 nitrogen and oxygen atoms in total. The average Bonchev–Trinajstić information content (AvgIpc) is 2.67. The van der Waals surface area contributed by atoms with Gasteiger partial charge in [0, 0.05) is 31.0 Å². The molecule has 2 aromatic rings. The Kier molecular flexibility index (Phi) is 5.48. The van der Waals surface area contributed by atoms with Crippen molar-refractivity contribution in [3.63, 3.8) is 0 Å². The van der Waals surface area contributed by atoms with Crippen molar-refractivity contribution in [3.05, 3.63) is 46.2 Å². The third kappa shape index (κ3) is 3.29. The lowest BCUT2D eigenvalue weighted by atomic mass is 9.95. The fourth-order valence-corrected chi connectivity index (χ4v) is 3.93. The summed E-state index contributed by atoms with van der Waals surface area (Å²) in [6.45, 7) is 0.593. The number of carbonyl (C=O) groups excluding carboxylic acids is 1. The number of likely N-dealkylation sites (N-methyl/N-ethyl adjacent to an activating group) is 1. The molecule has 2 heterocycles. The van der Waals surface area contributed by atoms with Crippen LogP contribution < -0.4 is 14.4 Å². The van der Waals surface area contributed by atoms with Gasteiger partial charge in [0.05, 0.1) is 29.9 Å². The summed E-state index contributed by atoms with van der Waals surface area (Å²) in [5.74, 6) is 1.15. The Morgan fingerprint density at radius 2 is 2.12 bits per heavy atom. The SMILES string of the molecule is COc1cc2c(c(Br)c1OC)CC(N(C)C)CN2C(=O)c1cccnc1. The first-order valence-corrected chi connectivity index (χ1v) is 9.08. The van der Waals surface area contributed by atoms with E-state index in [9.17, 15) is 4.79 Å². The van der Waals surface area contributed by atoms with Gasteiger partial charge in [-0.15, -0.1) is 0 Å². The van der Waals surface area contributed by atoms with E-state index in [0.717, 1.165) is 22.1 Å². The Morgan fingerprint density at radius 1 is 1.35 bits per heavy atom. The first-order valence-electron chi connectivity index (χ1n) is 8.29. The molecule has 1 amide bonds. The van der Waals surface area contributed by atoms with E-state index >= 15 is 0 Å². The summed E-state index contributed by atoms with van der Waals surface area (Å²) in [5, 5.41) is 0. The number of hydrogen-bond donors (Lipinski definition) is 0. The Hall–Kier alpha value is -2.12. The summed E-state index contributed by atoms with van der Waals surface area (Å²) >= 11 is 3.65. The summed E-state index contributed by atoms with van der Waals surface area (Å²) < 4.78 is 11.8. The second-order valence-electron chi connectivity index (χ2n) is 6.40. The third-order valence-electron chi connectivity index (χ3n) is 4.70. The number of nitrogens with zero attached hydrogens (tertiary/aromatic N) is 3. The van der Waals surface area contributed by atoms with Gasteiger partial charge in [-0.2, -0.15) is 0 Å². The minimum atomic E-state index is -0.0787. The van der Waals surface area contributed by atoms with Crippen molar-refractivity contribution in [2.45, 2.75) is 12.5 Å². The van der Waals surface area contributed by atoms with Crippen molar-refractivity contribution in [1.29, 1.82) is 0 Å². The largest absolute Gasteiger partial charge is 0.493 e. The van der Waals surface area contributed by atoms with Gasteiger partial charge in [-0.25, -0.2) is 0 Å². The molecule has 0 N–H and O–H groups in total. The van der Waals surface area contributed by atoms with Crippen LogP contribution in [0.15, 0.2) is 35.1 Å². The number of pyridine rings is 1. The monoisotopic (exact) mass is 419 g/mol. The van der Waals surface area contributed by atoms with Crippen LogP contribution in [0.3, 0.4) is 0 Å². The van der Waals surface area contributed by atoms with Gasteiger partial charge < -0.3 is 19.3 Å². The van der Waals surface area contributed by atoms with Crippen molar-refractivity contribution in [3.8, 4) is 11.5 Å². The van der Waals surface area contributed by atoms with E-state index in [0.29, 0.717) is 23.6 Å². The van der Waals surface area contributed by atoms with E-state index in [1.165, 1.54) is 0 Å². The highest BCUT2D eigenvalue weighted by molar-refractivity contribution is 9.10. The number of amides is 1. The maximum atomic E-state index is 13.2. The van der Waals surface area contributed by atoms with Crippen LogP contribution >= 0.6 is 15.9 Å². The van der Waals surface area contributed by atoms with Crippen molar-refractivity contribution in [2.75, 3.05) is 39.8 Å². The van der Waals surface area contributed by atoms with E-state index in [4.69, 9.17) is 9.47 Å². The first kappa shape index (κ1) is 18.7. The van der Waals surface area contributed by atoms with Crippen LogP contribution in [0.4, 0.5) is 5.69 Å². The Morgan fingerprint density at radius 3 is 2.69 bits per heavy atom. The fourth-order valence-electron chi connectivity index (χ4n) is 3.20. The van der Waals surface area contributed by atoms with Gasteiger partial charge in [-0.1, -0.05) is 0 Å². The summed E-state index contributed by atoms with van der Waals surface area (Å²) in [7, 11) is 7.25. The number of methoxy groups -OCH3 is 2. The highest BCUT2D eigenvalue weighted by Gasteiger charge is 2.33. The molecule has 0 saturated carbocycles. The van der Waals surface area contributed by atoms with Gasteiger partial charge in [0.1, 0.15) is 0 Å². The Bertz CT molecular complexity index is 811. The minimum absolute atomic E-state index is 0.0787. The molecular weight excluding hydrogens is 398 g/mol. The van der Waals surface area contributed by atoms with E-state index in [-0.39, 0.29) is 11.9 Å². The highest BCUT2D eigenvalue weighted by Crippen LogP contribution is 2.45. The average molecular weight is 420 g/mol. The topological polar surface area (TPSA) is 54.9 Å². The minimum Gasteiger partial charge on any atom is -0.493 e. The van der Waals surface area contributed by atoms with Gasteiger partial charge in [-0.3, -0.25) is 9.78 Å². The molecule has 3 rings (SSSR count). The lowest BCUT2D eigenvalue weighted by molar-refractivity contribution is 0.0975. The first-order chi connectivity index (χ1) is 12.5. The zero-order chi connectivity index (χ0) is 18.8. The maximum absolute atomic E-state index is 13.2. The summed E-state index contributed by atoms with van der Waals surface area (Å²) in [6.07, 6.45) is 4.06. The Balaban J connectivity index is 2.14. The summed E-state index contributed by atoms with van der Waals surface area (Å²) in [5.41, 5.74) is 2.43. The zero-order valence-corrected chi connectivity index (χ0v) is 16.9. The molecule has 0 aliphatic carbocycles. The standard InChI is InChI=1S/C19H22BrN3O3/c1-22(2)13-8-14-15(9-16(25-3)18(26-4)17(14)20)23(11-13)19(24)12-6-5-7-21-10-12/h5-7,9-10,13H,8,11H2,1-4H3. The molecule has 138 valence electrons. The quantitative estimate of drug-likeness (QED) is 0.762. The second kappa shape index (κ2) is 7.63. The number of benzene rings is 1. The second-order valence-corrected chi connectivity index (χ2v) is 7.20. The molecule has 1 atom stereocenters. The van der Waals surface area contributed by atoms with E-state index < -0.39 is 0 Å². The molecule has 0 radical (unpaired) electrons. The van der Waals surface area contributed by atoms with Crippen molar-refractivity contribution in [1.82, 2.24) is 9.88 Å². The number of aromatic nitrogens is 1.